The van der Waals surface area contributed by atoms with Crippen LogP contribution in [0.25, 0.3) is 0 Å². The van der Waals surface area contributed by atoms with Crippen molar-refractivity contribution in [3.8, 4) is 0 Å². The first kappa shape index (κ1) is 6.88. The molecule has 0 aromatic rings. The molecule has 1 N–H and O–H groups in total. The standard InChI is InChI=1S/C4H10NO2/c1-2-7-4-5-3-6/h5H,2-4H2,1H3. The van der Waals surface area contributed by atoms with Gasteiger partial charge in [0.1, 0.15) is 6.73 Å². The lowest BCUT2D eigenvalue weighted by Gasteiger charge is -1.96. The first-order chi connectivity index (χ1) is 3.41. The number of rotatable bonds is 4. The highest BCUT2D eigenvalue weighted by molar-refractivity contribution is 4.18. The van der Waals surface area contributed by atoms with Gasteiger partial charge in [-0.3, -0.25) is 5.32 Å². The van der Waals surface area contributed by atoms with Crippen molar-refractivity contribution in [1.82, 2.24) is 5.32 Å². The van der Waals surface area contributed by atoms with E-state index in [4.69, 9.17) is 4.74 Å². The molecule has 0 spiro atoms. The van der Waals surface area contributed by atoms with Gasteiger partial charge in [-0.05, 0) is 6.92 Å². The zero-order chi connectivity index (χ0) is 5.54. The van der Waals surface area contributed by atoms with Crippen LogP contribution in [0, 0.1) is 0 Å². The minimum Gasteiger partial charge on any atom is -0.367 e. The van der Waals surface area contributed by atoms with Crippen molar-refractivity contribution < 1.29 is 9.84 Å². The van der Waals surface area contributed by atoms with Crippen molar-refractivity contribution in [2.75, 3.05) is 20.1 Å². The van der Waals surface area contributed by atoms with Crippen LogP contribution in [0.3, 0.4) is 0 Å². The van der Waals surface area contributed by atoms with Crippen LogP contribution in [0.2, 0.25) is 0 Å². The molecule has 0 aliphatic carbocycles. The Morgan fingerprint density at radius 3 is 2.86 bits per heavy atom. The molecule has 0 saturated heterocycles. The monoisotopic (exact) mass is 104 g/mol. The molecule has 7 heavy (non-hydrogen) atoms. The molecule has 0 bridgehead atoms. The zero-order valence-electron chi connectivity index (χ0n) is 4.44. The van der Waals surface area contributed by atoms with Gasteiger partial charge in [-0.15, -0.1) is 0 Å². The third-order valence-corrected chi connectivity index (χ3v) is 0.510. The highest BCUT2D eigenvalue weighted by Crippen LogP contribution is 1.64. The van der Waals surface area contributed by atoms with Gasteiger partial charge < -0.3 is 4.74 Å². The van der Waals surface area contributed by atoms with Crippen molar-refractivity contribution in [2.24, 2.45) is 0 Å². The van der Waals surface area contributed by atoms with Gasteiger partial charge in [-0.2, -0.15) is 0 Å². The van der Waals surface area contributed by atoms with Crippen molar-refractivity contribution in [3.63, 3.8) is 0 Å². The van der Waals surface area contributed by atoms with Crippen LogP contribution in [0.4, 0.5) is 0 Å². The Balaban J connectivity index is 2.45. The number of hydrogen-bond acceptors (Lipinski definition) is 2. The van der Waals surface area contributed by atoms with Gasteiger partial charge in [0.05, 0.1) is 6.73 Å². The van der Waals surface area contributed by atoms with Crippen molar-refractivity contribution >= 4 is 0 Å². The molecule has 0 heterocycles. The summed E-state index contributed by atoms with van der Waals surface area (Å²) in [7, 11) is 0. The molecule has 43 valence electrons. The van der Waals surface area contributed by atoms with Crippen LogP contribution < -0.4 is 5.32 Å². The normalized spacial score (nSPS) is 9.43. The summed E-state index contributed by atoms with van der Waals surface area (Å²) in [6, 6.07) is 0. The van der Waals surface area contributed by atoms with Gasteiger partial charge in [-0.1, -0.05) is 0 Å². The average molecular weight is 104 g/mol. The Bertz CT molecular complexity index is 28.9. The molecule has 0 aromatic heterocycles. The Kier molecular flexibility index (Phi) is 5.78. The maximum absolute atomic E-state index is 9.61. The average Bonchev–Trinajstić information content (AvgIpc) is 1.69. The summed E-state index contributed by atoms with van der Waals surface area (Å²) in [6.45, 7) is 2.65. The maximum Gasteiger partial charge on any atom is 0.134 e. The van der Waals surface area contributed by atoms with Gasteiger partial charge >= 0.3 is 0 Å². The fourth-order valence-electron chi connectivity index (χ4n) is 0.216. The van der Waals surface area contributed by atoms with E-state index in [0.29, 0.717) is 13.3 Å². The Hall–Kier alpha value is -0.120. The Morgan fingerprint density at radius 2 is 2.43 bits per heavy atom. The molecule has 0 fully saturated rings. The molecular formula is C4H10NO2. The predicted molar refractivity (Wildman–Crippen MR) is 25.2 cm³/mol. The summed E-state index contributed by atoms with van der Waals surface area (Å²) in [4.78, 5) is 0. The topological polar surface area (TPSA) is 41.2 Å². The summed E-state index contributed by atoms with van der Waals surface area (Å²) in [5, 5.41) is 12.1. The van der Waals surface area contributed by atoms with Gasteiger partial charge in [0, 0.05) is 6.61 Å². The summed E-state index contributed by atoms with van der Waals surface area (Å²) >= 11 is 0. The first-order valence-electron chi connectivity index (χ1n) is 2.28. The summed E-state index contributed by atoms with van der Waals surface area (Å²) in [6.07, 6.45) is 0. The molecule has 3 heteroatoms. The van der Waals surface area contributed by atoms with E-state index < -0.39 is 0 Å². The molecule has 0 aromatic carbocycles. The van der Waals surface area contributed by atoms with Crippen LogP contribution in [0.15, 0.2) is 0 Å². The van der Waals surface area contributed by atoms with E-state index in [9.17, 15) is 5.11 Å². The number of ether oxygens (including phenoxy) is 1. The van der Waals surface area contributed by atoms with Crippen LogP contribution in [-0.2, 0) is 9.84 Å². The van der Waals surface area contributed by atoms with Crippen LogP contribution in [-0.4, -0.2) is 20.1 Å². The minimum absolute atomic E-state index is 0.264. The second kappa shape index (κ2) is 5.88. The highest BCUT2D eigenvalue weighted by Gasteiger charge is 1.77. The predicted octanol–water partition coefficient (Wildman–Crippen LogP) is -0.0420. The SMILES string of the molecule is CCOCNC[O]. The Morgan fingerprint density at radius 1 is 1.71 bits per heavy atom. The van der Waals surface area contributed by atoms with Crippen molar-refractivity contribution in [1.29, 1.82) is 0 Å². The quantitative estimate of drug-likeness (QED) is 0.401. The lowest BCUT2D eigenvalue weighted by atomic mass is 10.9. The largest absolute Gasteiger partial charge is 0.367 e. The second-order valence-corrected chi connectivity index (χ2v) is 1.03. The molecule has 0 amide bonds. The first-order valence-corrected chi connectivity index (χ1v) is 2.28. The molecule has 0 atom stereocenters. The third kappa shape index (κ3) is 5.88. The number of nitrogens with one attached hydrogen (secondary N) is 1. The molecular weight excluding hydrogens is 94.0 g/mol. The van der Waals surface area contributed by atoms with Crippen LogP contribution >= 0.6 is 0 Å². The van der Waals surface area contributed by atoms with E-state index in [-0.39, 0.29) is 6.73 Å². The smallest absolute Gasteiger partial charge is 0.134 e. The van der Waals surface area contributed by atoms with E-state index >= 15 is 0 Å². The zero-order valence-corrected chi connectivity index (χ0v) is 4.44. The maximum atomic E-state index is 9.61. The molecule has 0 aliphatic rings. The summed E-state index contributed by atoms with van der Waals surface area (Å²) in [5.41, 5.74) is 0. The minimum atomic E-state index is -0.264. The van der Waals surface area contributed by atoms with Gasteiger partial charge in [0.25, 0.3) is 0 Å². The lowest BCUT2D eigenvalue weighted by molar-refractivity contribution is 0.0809. The number of hydrogen-bond donors (Lipinski definition) is 1. The molecule has 1 radical (unpaired) electrons. The van der Waals surface area contributed by atoms with E-state index in [0.717, 1.165) is 0 Å². The molecule has 0 aliphatic heterocycles. The lowest BCUT2D eigenvalue weighted by Crippen LogP contribution is -2.17. The Labute approximate surface area is 43.3 Å². The fourth-order valence-corrected chi connectivity index (χ4v) is 0.216. The van der Waals surface area contributed by atoms with E-state index in [2.05, 4.69) is 5.32 Å². The van der Waals surface area contributed by atoms with Gasteiger partial charge in [-0.25, -0.2) is 5.11 Å². The van der Waals surface area contributed by atoms with Gasteiger partial charge in [0.2, 0.25) is 0 Å². The molecule has 0 rings (SSSR count). The van der Waals surface area contributed by atoms with Gasteiger partial charge in [0.15, 0.2) is 0 Å². The van der Waals surface area contributed by atoms with Crippen molar-refractivity contribution in [3.05, 3.63) is 0 Å². The van der Waals surface area contributed by atoms with Crippen LogP contribution in [0.5, 0.6) is 0 Å². The fraction of sp³-hybridized carbons (Fsp3) is 1.00. The summed E-state index contributed by atoms with van der Waals surface area (Å²) in [5.74, 6) is 0. The molecule has 0 unspecified atom stereocenters. The highest BCUT2D eigenvalue weighted by atomic mass is 16.5. The molecule has 3 nitrogen and oxygen atoms in total. The van der Waals surface area contributed by atoms with Crippen LogP contribution in [0.1, 0.15) is 6.92 Å². The second-order valence-electron chi connectivity index (χ2n) is 1.03. The van der Waals surface area contributed by atoms with E-state index in [1.54, 1.807) is 0 Å². The van der Waals surface area contributed by atoms with E-state index in [1.807, 2.05) is 6.92 Å². The van der Waals surface area contributed by atoms with E-state index in [1.165, 1.54) is 0 Å². The third-order valence-electron chi connectivity index (χ3n) is 0.510. The van der Waals surface area contributed by atoms with Crippen molar-refractivity contribution in [2.45, 2.75) is 6.92 Å². The molecule has 0 saturated carbocycles. The summed E-state index contributed by atoms with van der Waals surface area (Å²) < 4.78 is 4.76.